The molecule has 6 heteroatoms. The molecule has 24 heavy (non-hydrogen) atoms. The monoisotopic (exact) mass is 327 g/mol. The van der Waals surface area contributed by atoms with Gasteiger partial charge < -0.3 is 10.2 Å². The van der Waals surface area contributed by atoms with Gasteiger partial charge in [-0.05, 0) is 43.9 Å². The van der Waals surface area contributed by atoms with Gasteiger partial charge in [0.05, 0.1) is 0 Å². The van der Waals surface area contributed by atoms with Gasteiger partial charge in [-0.15, -0.1) is 0 Å². The second kappa shape index (κ2) is 7.95. The molecule has 0 bridgehead atoms. The maximum Gasteiger partial charge on any atom is 0.222 e. The van der Waals surface area contributed by atoms with Crippen molar-refractivity contribution in [1.29, 1.82) is 0 Å². The Kier molecular flexibility index (Phi) is 5.46. The highest BCUT2D eigenvalue weighted by molar-refractivity contribution is 5.76. The van der Waals surface area contributed by atoms with Crippen molar-refractivity contribution in [2.75, 3.05) is 25.0 Å². The SMILES string of the molecule is Cc1nc(CCNc2ccc(CCC(=O)N3CCCC3)cc2)n[nH]1. The maximum atomic E-state index is 12.1. The number of carbonyl (C=O) groups excluding carboxylic acids is 1. The molecule has 0 atom stereocenters. The molecule has 0 aliphatic carbocycles. The van der Waals surface area contributed by atoms with Gasteiger partial charge in [0, 0.05) is 38.2 Å². The first-order valence-corrected chi connectivity index (χ1v) is 8.69. The normalized spacial score (nSPS) is 14.1. The largest absolute Gasteiger partial charge is 0.385 e. The van der Waals surface area contributed by atoms with Gasteiger partial charge in [-0.3, -0.25) is 9.89 Å². The van der Waals surface area contributed by atoms with Gasteiger partial charge >= 0.3 is 0 Å². The van der Waals surface area contributed by atoms with Gasteiger partial charge in [0.1, 0.15) is 5.82 Å². The fourth-order valence-electron chi connectivity index (χ4n) is 2.98. The van der Waals surface area contributed by atoms with E-state index in [1.54, 1.807) is 0 Å². The van der Waals surface area contributed by atoms with Crippen molar-refractivity contribution in [1.82, 2.24) is 20.1 Å². The lowest BCUT2D eigenvalue weighted by Crippen LogP contribution is -2.27. The Morgan fingerprint density at radius 2 is 1.96 bits per heavy atom. The van der Waals surface area contributed by atoms with Crippen molar-refractivity contribution in [2.45, 2.75) is 39.0 Å². The zero-order chi connectivity index (χ0) is 16.8. The summed E-state index contributed by atoms with van der Waals surface area (Å²) in [6.45, 7) is 4.57. The Labute approximate surface area is 142 Å². The molecule has 1 saturated heterocycles. The van der Waals surface area contributed by atoms with Gasteiger partial charge in [-0.1, -0.05) is 12.1 Å². The number of anilines is 1. The molecule has 6 nitrogen and oxygen atoms in total. The molecule has 0 spiro atoms. The van der Waals surface area contributed by atoms with E-state index in [0.29, 0.717) is 6.42 Å². The lowest BCUT2D eigenvalue weighted by atomic mass is 10.1. The average Bonchev–Trinajstić information content (AvgIpc) is 3.26. The van der Waals surface area contributed by atoms with Crippen LogP contribution in [-0.2, 0) is 17.6 Å². The van der Waals surface area contributed by atoms with Gasteiger partial charge in [0.2, 0.25) is 5.91 Å². The molecule has 1 fully saturated rings. The van der Waals surface area contributed by atoms with E-state index in [-0.39, 0.29) is 5.91 Å². The van der Waals surface area contributed by atoms with Crippen molar-refractivity contribution >= 4 is 11.6 Å². The molecule has 128 valence electrons. The molecule has 1 aromatic carbocycles. The molecular formula is C18H25N5O. The summed E-state index contributed by atoms with van der Waals surface area (Å²) in [5.74, 6) is 1.96. The minimum Gasteiger partial charge on any atom is -0.385 e. The predicted molar refractivity (Wildman–Crippen MR) is 93.9 cm³/mol. The smallest absolute Gasteiger partial charge is 0.222 e. The molecule has 0 unspecified atom stereocenters. The minimum atomic E-state index is 0.288. The number of nitrogens with zero attached hydrogens (tertiary/aromatic N) is 3. The maximum absolute atomic E-state index is 12.1. The van der Waals surface area contributed by atoms with Crippen LogP contribution in [-0.4, -0.2) is 45.6 Å². The number of amides is 1. The molecule has 2 N–H and O–H groups in total. The second-order valence-electron chi connectivity index (χ2n) is 6.30. The molecule has 1 amide bonds. The average molecular weight is 327 g/mol. The van der Waals surface area contributed by atoms with Crippen LogP contribution in [0.15, 0.2) is 24.3 Å². The van der Waals surface area contributed by atoms with E-state index in [1.165, 1.54) is 5.56 Å². The summed E-state index contributed by atoms with van der Waals surface area (Å²) < 4.78 is 0. The number of rotatable bonds is 7. The third-order valence-corrected chi connectivity index (χ3v) is 4.36. The number of aromatic nitrogens is 3. The second-order valence-corrected chi connectivity index (χ2v) is 6.30. The van der Waals surface area contributed by atoms with Gasteiger partial charge in [0.25, 0.3) is 0 Å². The molecule has 0 radical (unpaired) electrons. The number of aryl methyl sites for hydroxylation is 2. The van der Waals surface area contributed by atoms with Crippen LogP contribution in [0, 0.1) is 6.92 Å². The van der Waals surface area contributed by atoms with E-state index in [1.807, 2.05) is 11.8 Å². The number of hydrogen-bond donors (Lipinski definition) is 2. The number of benzene rings is 1. The zero-order valence-corrected chi connectivity index (χ0v) is 14.2. The molecule has 3 rings (SSSR count). The van der Waals surface area contributed by atoms with Crippen molar-refractivity contribution in [3.05, 3.63) is 41.5 Å². The first kappa shape index (κ1) is 16.5. The molecule has 2 heterocycles. The number of aromatic amines is 1. The number of H-pyrrole nitrogens is 1. The summed E-state index contributed by atoms with van der Waals surface area (Å²) in [5, 5.41) is 10.3. The molecule has 1 aliphatic heterocycles. The summed E-state index contributed by atoms with van der Waals surface area (Å²) in [5.41, 5.74) is 2.29. The zero-order valence-electron chi connectivity index (χ0n) is 14.2. The number of likely N-dealkylation sites (tertiary alicyclic amines) is 1. The third-order valence-electron chi connectivity index (χ3n) is 4.36. The fourth-order valence-corrected chi connectivity index (χ4v) is 2.98. The van der Waals surface area contributed by atoms with Crippen molar-refractivity contribution in [2.24, 2.45) is 0 Å². The van der Waals surface area contributed by atoms with Crippen molar-refractivity contribution in [3.63, 3.8) is 0 Å². The molecule has 1 aromatic heterocycles. The summed E-state index contributed by atoms with van der Waals surface area (Å²) in [6.07, 6.45) is 4.51. The molecule has 2 aromatic rings. The van der Waals surface area contributed by atoms with Crippen LogP contribution in [0.3, 0.4) is 0 Å². The van der Waals surface area contributed by atoms with Crippen LogP contribution in [0.4, 0.5) is 5.69 Å². The van der Waals surface area contributed by atoms with E-state index >= 15 is 0 Å². The number of carbonyl (C=O) groups is 1. The van der Waals surface area contributed by atoms with Crippen LogP contribution in [0.5, 0.6) is 0 Å². The summed E-state index contributed by atoms with van der Waals surface area (Å²) >= 11 is 0. The fraction of sp³-hybridized carbons (Fsp3) is 0.500. The van der Waals surface area contributed by atoms with E-state index in [9.17, 15) is 4.79 Å². The van der Waals surface area contributed by atoms with E-state index in [4.69, 9.17) is 0 Å². The Bertz CT molecular complexity index is 658. The first-order valence-electron chi connectivity index (χ1n) is 8.69. The lowest BCUT2D eigenvalue weighted by Gasteiger charge is -2.15. The van der Waals surface area contributed by atoms with Crippen molar-refractivity contribution < 1.29 is 4.79 Å². The first-order chi connectivity index (χ1) is 11.7. The molecule has 1 aliphatic rings. The predicted octanol–water partition coefficient (Wildman–Crippen LogP) is 2.32. The number of nitrogens with one attached hydrogen (secondary N) is 2. The van der Waals surface area contributed by atoms with Crippen LogP contribution in [0.25, 0.3) is 0 Å². The summed E-state index contributed by atoms with van der Waals surface area (Å²) in [6, 6.07) is 8.32. The van der Waals surface area contributed by atoms with E-state index in [0.717, 1.165) is 62.7 Å². The quantitative estimate of drug-likeness (QED) is 0.818. The highest BCUT2D eigenvalue weighted by atomic mass is 16.2. The van der Waals surface area contributed by atoms with Crippen LogP contribution in [0.2, 0.25) is 0 Å². The van der Waals surface area contributed by atoms with Crippen LogP contribution >= 0.6 is 0 Å². The molecular weight excluding hydrogens is 302 g/mol. The van der Waals surface area contributed by atoms with Crippen molar-refractivity contribution in [3.8, 4) is 0 Å². The van der Waals surface area contributed by atoms with Crippen LogP contribution < -0.4 is 5.32 Å². The highest BCUT2D eigenvalue weighted by Gasteiger charge is 2.17. The lowest BCUT2D eigenvalue weighted by molar-refractivity contribution is -0.130. The van der Waals surface area contributed by atoms with Gasteiger partial charge in [0.15, 0.2) is 5.82 Å². The van der Waals surface area contributed by atoms with Gasteiger partial charge in [-0.2, -0.15) is 5.10 Å². The third kappa shape index (κ3) is 4.57. The number of hydrogen-bond acceptors (Lipinski definition) is 4. The highest BCUT2D eigenvalue weighted by Crippen LogP contribution is 2.14. The van der Waals surface area contributed by atoms with Crippen LogP contribution in [0.1, 0.15) is 36.5 Å². The summed E-state index contributed by atoms with van der Waals surface area (Å²) in [4.78, 5) is 18.3. The van der Waals surface area contributed by atoms with E-state index < -0.39 is 0 Å². The van der Waals surface area contributed by atoms with Gasteiger partial charge in [-0.25, -0.2) is 4.98 Å². The topological polar surface area (TPSA) is 73.9 Å². The minimum absolute atomic E-state index is 0.288. The Morgan fingerprint density at radius 1 is 1.21 bits per heavy atom. The Hall–Kier alpha value is -2.37. The Balaban J connectivity index is 1.40. The Morgan fingerprint density at radius 3 is 2.62 bits per heavy atom. The standard InChI is InChI=1S/C18H25N5O/c1-14-20-17(22-21-14)10-11-19-16-7-4-15(5-8-16)6-9-18(24)23-12-2-3-13-23/h4-5,7-8,19H,2-3,6,9-13H2,1H3,(H,20,21,22). The van der Waals surface area contributed by atoms with E-state index in [2.05, 4.69) is 44.8 Å². The summed E-state index contributed by atoms with van der Waals surface area (Å²) in [7, 11) is 0. The molecule has 0 saturated carbocycles.